The maximum absolute atomic E-state index is 12.6. The number of nitrogens with zero attached hydrogens (tertiary/aromatic N) is 2. The molecule has 3 fully saturated rings. The molecular weight excluding hydrogens is 322 g/mol. The Bertz CT molecular complexity index is 720. The van der Waals surface area contributed by atoms with Crippen LogP contribution in [0, 0.1) is 5.92 Å². The molecule has 3 saturated heterocycles. The van der Waals surface area contributed by atoms with Crippen molar-refractivity contribution in [1.82, 2.24) is 15.2 Å². The molecule has 3 aliphatic heterocycles. The third-order valence-electron chi connectivity index (χ3n) is 5.03. The van der Waals surface area contributed by atoms with Crippen LogP contribution < -0.4 is 10.1 Å². The van der Waals surface area contributed by atoms with Crippen molar-refractivity contribution in [1.29, 1.82) is 0 Å². The predicted molar refractivity (Wildman–Crippen MR) is 94.5 cm³/mol. The van der Waals surface area contributed by atoms with Crippen LogP contribution in [0.5, 0.6) is 5.88 Å². The van der Waals surface area contributed by atoms with Crippen LogP contribution in [0.15, 0.2) is 30.5 Å². The van der Waals surface area contributed by atoms with Crippen molar-refractivity contribution in [3.8, 4) is 16.3 Å². The number of pyridine rings is 1. The Morgan fingerprint density at radius 3 is 2.75 bits per heavy atom. The van der Waals surface area contributed by atoms with E-state index in [-0.39, 0.29) is 5.91 Å². The number of amides is 1. The summed E-state index contributed by atoms with van der Waals surface area (Å²) in [5.74, 6) is 1.28. The highest BCUT2D eigenvalue weighted by Crippen LogP contribution is 2.30. The summed E-state index contributed by atoms with van der Waals surface area (Å²) in [6.07, 6.45) is 4.19. The van der Waals surface area contributed by atoms with Crippen LogP contribution in [0.1, 0.15) is 22.5 Å². The van der Waals surface area contributed by atoms with Gasteiger partial charge in [0.2, 0.25) is 5.88 Å². The van der Waals surface area contributed by atoms with E-state index in [1.54, 1.807) is 13.3 Å². The Morgan fingerprint density at radius 1 is 1.29 bits per heavy atom. The number of thiophene rings is 1. The average molecular weight is 343 g/mol. The van der Waals surface area contributed by atoms with E-state index in [2.05, 4.69) is 15.2 Å². The lowest BCUT2D eigenvalue weighted by Crippen LogP contribution is -2.57. The predicted octanol–water partition coefficient (Wildman–Crippen LogP) is 2.64. The minimum atomic E-state index is 0.0477. The normalized spacial score (nSPS) is 25.5. The van der Waals surface area contributed by atoms with Crippen molar-refractivity contribution in [2.45, 2.75) is 18.9 Å². The number of nitrogens with one attached hydrogen (secondary N) is 1. The lowest BCUT2D eigenvalue weighted by molar-refractivity contribution is 0.0622. The highest BCUT2D eigenvalue weighted by atomic mass is 32.1. The van der Waals surface area contributed by atoms with Crippen LogP contribution in [0.3, 0.4) is 0 Å². The Labute approximate surface area is 145 Å². The number of rotatable bonds is 4. The molecule has 5 nitrogen and oxygen atoms in total. The summed E-state index contributed by atoms with van der Waals surface area (Å²) >= 11 is 1.51. The molecule has 3 aliphatic rings. The molecule has 0 saturated carbocycles. The summed E-state index contributed by atoms with van der Waals surface area (Å²) in [7, 11) is 1.60. The molecule has 1 unspecified atom stereocenters. The second-order valence-electron chi connectivity index (χ2n) is 6.47. The van der Waals surface area contributed by atoms with E-state index in [0.29, 0.717) is 17.8 Å². The third kappa shape index (κ3) is 3.03. The zero-order chi connectivity index (χ0) is 16.5. The van der Waals surface area contributed by atoms with Gasteiger partial charge in [-0.1, -0.05) is 0 Å². The van der Waals surface area contributed by atoms with Gasteiger partial charge in [-0.15, -0.1) is 11.3 Å². The van der Waals surface area contributed by atoms with Gasteiger partial charge in [0.1, 0.15) is 0 Å². The molecule has 1 amide bonds. The zero-order valence-electron chi connectivity index (χ0n) is 13.7. The Kier molecular flexibility index (Phi) is 4.24. The fourth-order valence-electron chi connectivity index (χ4n) is 3.63. The van der Waals surface area contributed by atoms with Gasteiger partial charge in [-0.2, -0.15) is 0 Å². The molecule has 1 N–H and O–H groups in total. The Hall–Kier alpha value is -1.92. The molecule has 0 aliphatic carbocycles. The zero-order valence-corrected chi connectivity index (χ0v) is 14.5. The highest BCUT2D eigenvalue weighted by Gasteiger charge is 2.35. The first-order chi connectivity index (χ1) is 11.7. The van der Waals surface area contributed by atoms with Crippen LogP contribution in [0.25, 0.3) is 10.4 Å². The maximum Gasteiger partial charge on any atom is 0.261 e. The minimum Gasteiger partial charge on any atom is -0.481 e. The van der Waals surface area contributed by atoms with Crippen molar-refractivity contribution < 1.29 is 9.53 Å². The number of piperidine rings is 3. The van der Waals surface area contributed by atoms with Gasteiger partial charge >= 0.3 is 0 Å². The van der Waals surface area contributed by atoms with Crippen LogP contribution in [-0.2, 0) is 0 Å². The number of hydrogen-bond acceptors (Lipinski definition) is 5. The van der Waals surface area contributed by atoms with E-state index in [1.165, 1.54) is 37.3 Å². The first-order valence-corrected chi connectivity index (χ1v) is 9.18. The number of carbonyl (C=O) groups excluding carboxylic acids is 1. The van der Waals surface area contributed by atoms with Gasteiger partial charge in [0.15, 0.2) is 0 Å². The number of carbonyl (C=O) groups is 1. The first-order valence-electron chi connectivity index (χ1n) is 8.36. The van der Waals surface area contributed by atoms with Gasteiger partial charge in [0.25, 0.3) is 5.91 Å². The molecule has 2 aromatic rings. The van der Waals surface area contributed by atoms with Gasteiger partial charge < -0.3 is 15.0 Å². The topological polar surface area (TPSA) is 54.5 Å². The van der Waals surface area contributed by atoms with Crippen molar-refractivity contribution in [3.63, 3.8) is 0 Å². The Morgan fingerprint density at radius 2 is 2.12 bits per heavy atom. The van der Waals surface area contributed by atoms with Crippen LogP contribution in [0.2, 0.25) is 0 Å². The second kappa shape index (κ2) is 6.53. The summed E-state index contributed by atoms with van der Waals surface area (Å²) in [6, 6.07) is 7.99. The standard InChI is InChI=1S/C18H21N3O2S/c1-23-17-5-2-13(10-19-17)15-3-4-16(24-15)18(22)20-14-11-21-8-6-12(14)7-9-21/h2-5,10,12,14H,6-9,11H2,1H3,(H,20,22). The lowest BCUT2D eigenvalue weighted by Gasteiger charge is -2.44. The molecule has 24 heavy (non-hydrogen) atoms. The molecule has 2 aromatic heterocycles. The average Bonchev–Trinajstić information content (AvgIpc) is 3.13. The second-order valence-corrected chi connectivity index (χ2v) is 7.55. The molecule has 0 spiro atoms. The molecule has 6 heteroatoms. The van der Waals surface area contributed by atoms with Crippen molar-refractivity contribution in [3.05, 3.63) is 35.3 Å². The van der Waals surface area contributed by atoms with Gasteiger partial charge in [-0.05, 0) is 50.0 Å². The van der Waals surface area contributed by atoms with Gasteiger partial charge in [0, 0.05) is 35.3 Å². The van der Waals surface area contributed by atoms with Gasteiger partial charge in [-0.25, -0.2) is 4.98 Å². The summed E-state index contributed by atoms with van der Waals surface area (Å²) < 4.78 is 5.08. The third-order valence-corrected chi connectivity index (χ3v) is 6.17. The maximum atomic E-state index is 12.6. The molecule has 126 valence electrons. The van der Waals surface area contributed by atoms with Gasteiger partial charge in [0.05, 0.1) is 12.0 Å². The summed E-state index contributed by atoms with van der Waals surface area (Å²) in [4.78, 5) is 21.1. The fraction of sp³-hybridized carbons (Fsp3) is 0.444. The molecule has 1 atom stereocenters. The number of ether oxygens (including phenoxy) is 1. The van der Waals surface area contributed by atoms with Crippen LogP contribution in [0.4, 0.5) is 0 Å². The molecule has 0 radical (unpaired) electrons. The smallest absolute Gasteiger partial charge is 0.261 e. The Balaban J connectivity index is 1.44. The van der Waals surface area contributed by atoms with Crippen molar-refractivity contribution in [2.75, 3.05) is 26.7 Å². The van der Waals surface area contributed by atoms with Crippen molar-refractivity contribution in [2.24, 2.45) is 5.92 Å². The van der Waals surface area contributed by atoms with Crippen LogP contribution >= 0.6 is 11.3 Å². The monoisotopic (exact) mass is 343 g/mol. The molecule has 0 aromatic carbocycles. The van der Waals surface area contributed by atoms with E-state index < -0.39 is 0 Å². The molecule has 5 rings (SSSR count). The fourth-order valence-corrected chi connectivity index (χ4v) is 4.53. The largest absolute Gasteiger partial charge is 0.481 e. The summed E-state index contributed by atoms with van der Waals surface area (Å²) in [5.41, 5.74) is 1.00. The number of hydrogen-bond donors (Lipinski definition) is 1. The number of methoxy groups -OCH3 is 1. The quantitative estimate of drug-likeness (QED) is 0.927. The van der Waals surface area contributed by atoms with E-state index >= 15 is 0 Å². The van der Waals surface area contributed by atoms with E-state index in [1.807, 2.05) is 24.3 Å². The van der Waals surface area contributed by atoms with E-state index in [4.69, 9.17) is 4.74 Å². The molecule has 2 bridgehead atoms. The number of aromatic nitrogens is 1. The molecular formula is C18H21N3O2S. The minimum absolute atomic E-state index is 0.0477. The van der Waals surface area contributed by atoms with Gasteiger partial charge in [-0.3, -0.25) is 4.79 Å². The first kappa shape index (κ1) is 15.6. The van der Waals surface area contributed by atoms with E-state index in [9.17, 15) is 4.79 Å². The summed E-state index contributed by atoms with van der Waals surface area (Å²) in [6.45, 7) is 3.37. The SMILES string of the molecule is COc1ccc(-c2ccc(C(=O)NC3CN4CCC3CC4)s2)cn1. The highest BCUT2D eigenvalue weighted by molar-refractivity contribution is 7.17. The number of fused-ring (bicyclic) bond motifs is 3. The summed E-state index contributed by atoms with van der Waals surface area (Å²) in [5, 5.41) is 3.24. The van der Waals surface area contributed by atoms with Crippen molar-refractivity contribution >= 4 is 17.2 Å². The van der Waals surface area contributed by atoms with Crippen LogP contribution in [-0.4, -0.2) is 48.6 Å². The van der Waals surface area contributed by atoms with E-state index in [0.717, 1.165) is 21.9 Å². The molecule has 5 heterocycles. The lowest BCUT2D eigenvalue weighted by atomic mass is 9.84.